The Hall–Kier alpha value is -2.09. The number of carboxylic acids is 1. The van der Waals surface area contributed by atoms with Gasteiger partial charge in [-0.25, -0.2) is 9.59 Å². The largest absolute Gasteiger partial charge is 0.479 e. The van der Waals surface area contributed by atoms with Crippen molar-refractivity contribution in [3.05, 3.63) is 22.4 Å². The van der Waals surface area contributed by atoms with E-state index in [9.17, 15) is 19.5 Å². The van der Waals surface area contributed by atoms with Crippen LogP contribution in [0.2, 0.25) is 0 Å². The van der Waals surface area contributed by atoms with Crippen molar-refractivity contribution in [3.8, 4) is 0 Å². The standard InChI is InChI=1S/C13H17N3O4S/c1-14-11(17)8-4-2-6-16(8)13(20)15-10(12(18)19)9-5-3-7-21-9/h3,5,7-8,10H,2,4,6H2,1H3,(H,14,17)(H,15,20)(H,18,19). The first-order valence-electron chi connectivity index (χ1n) is 6.59. The Morgan fingerprint density at radius 3 is 2.81 bits per heavy atom. The van der Waals surface area contributed by atoms with Crippen molar-refractivity contribution in [2.24, 2.45) is 0 Å². The van der Waals surface area contributed by atoms with Gasteiger partial charge in [0.05, 0.1) is 0 Å². The second kappa shape index (κ2) is 6.57. The monoisotopic (exact) mass is 311 g/mol. The lowest BCUT2D eigenvalue weighted by Gasteiger charge is -2.25. The third-order valence-corrected chi connectivity index (χ3v) is 4.34. The van der Waals surface area contributed by atoms with Crippen LogP contribution in [0.5, 0.6) is 0 Å². The summed E-state index contributed by atoms with van der Waals surface area (Å²) >= 11 is 1.26. The van der Waals surface area contributed by atoms with Gasteiger partial charge in [0, 0.05) is 18.5 Å². The quantitative estimate of drug-likeness (QED) is 0.765. The molecule has 1 aromatic heterocycles. The maximum absolute atomic E-state index is 12.3. The Morgan fingerprint density at radius 1 is 1.48 bits per heavy atom. The van der Waals surface area contributed by atoms with Gasteiger partial charge in [-0.2, -0.15) is 0 Å². The molecule has 0 spiro atoms. The SMILES string of the molecule is CNC(=O)C1CCCN1C(=O)NC(C(=O)O)c1cccs1. The highest BCUT2D eigenvalue weighted by Gasteiger charge is 2.35. The molecule has 2 atom stereocenters. The van der Waals surface area contributed by atoms with Crippen LogP contribution in [-0.2, 0) is 9.59 Å². The fourth-order valence-corrected chi connectivity index (χ4v) is 3.13. The molecule has 3 N–H and O–H groups in total. The Kier molecular flexibility index (Phi) is 4.79. The number of thiophene rings is 1. The summed E-state index contributed by atoms with van der Waals surface area (Å²) < 4.78 is 0. The molecule has 3 amide bonds. The van der Waals surface area contributed by atoms with E-state index in [1.807, 2.05) is 0 Å². The van der Waals surface area contributed by atoms with Crippen LogP contribution in [0.1, 0.15) is 23.8 Å². The van der Waals surface area contributed by atoms with Gasteiger partial charge in [0.1, 0.15) is 6.04 Å². The van der Waals surface area contributed by atoms with Gasteiger partial charge in [0.15, 0.2) is 6.04 Å². The van der Waals surface area contributed by atoms with Crippen molar-refractivity contribution in [2.45, 2.75) is 24.9 Å². The number of urea groups is 1. The third-order valence-electron chi connectivity index (χ3n) is 3.41. The van der Waals surface area contributed by atoms with Crippen LogP contribution in [-0.4, -0.2) is 47.5 Å². The van der Waals surface area contributed by atoms with Gasteiger partial charge in [-0.3, -0.25) is 4.79 Å². The van der Waals surface area contributed by atoms with Gasteiger partial charge in [-0.15, -0.1) is 11.3 Å². The van der Waals surface area contributed by atoms with Crippen LogP contribution in [0.4, 0.5) is 4.79 Å². The third kappa shape index (κ3) is 3.33. The van der Waals surface area contributed by atoms with Crippen molar-refractivity contribution < 1.29 is 19.5 Å². The predicted octanol–water partition coefficient (Wildman–Crippen LogP) is 0.794. The van der Waals surface area contributed by atoms with Crippen molar-refractivity contribution in [1.82, 2.24) is 15.5 Å². The van der Waals surface area contributed by atoms with Crippen molar-refractivity contribution in [3.63, 3.8) is 0 Å². The number of nitrogens with zero attached hydrogens (tertiary/aromatic N) is 1. The van der Waals surface area contributed by atoms with E-state index in [0.717, 1.165) is 6.42 Å². The number of aliphatic carboxylic acids is 1. The summed E-state index contributed by atoms with van der Waals surface area (Å²) in [6.45, 7) is 0.445. The molecular formula is C13H17N3O4S. The fourth-order valence-electron chi connectivity index (χ4n) is 2.37. The van der Waals surface area contributed by atoms with Gasteiger partial charge in [-0.1, -0.05) is 6.07 Å². The molecular weight excluding hydrogens is 294 g/mol. The molecule has 2 rings (SSSR count). The van der Waals surface area contributed by atoms with Crippen LogP contribution in [0.3, 0.4) is 0 Å². The Labute approximate surface area is 125 Å². The number of hydrogen-bond donors (Lipinski definition) is 3. The fraction of sp³-hybridized carbons (Fsp3) is 0.462. The number of carbonyl (C=O) groups is 3. The number of rotatable bonds is 4. The Balaban J connectivity index is 2.09. The summed E-state index contributed by atoms with van der Waals surface area (Å²) in [7, 11) is 1.52. The molecule has 0 radical (unpaired) electrons. The predicted molar refractivity (Wildman–Crippen MR) is 77.0 cm³/mol. The number of carboxylic acid groups (broad SMARTS) is 1. The topological polar surface area (TPSA) is 98.7 Å². The molecule has 114 valence electrons. The Bertz CT molecular complexity index is 532. The van der Waals surface area contributed by atoms with Crippen LogP contribution in [0, 0.1) is 0 Å². The minimum absolute atomic E-state index is 0.231. The normalized spacial score (nSPS) is 19.1. The lowest BCUT2D eigenvalue weighted by molar-refractivity contribution is -0.139. The number of carbonyl (C=O) groups excluding carboxylic acids is 2. The molecule has 7 nitrogen and oxygen atoms in total. The lowest BCUT2D eigenvalue weighted by Crippen LogP contribution is -2.50. The van der Waals surface area contributed by atoms with Crippen LogP contribution < -0.4 is 10.6 Å². The second-order valence-corrected chi connectivity index (χ2v) is 5.68. The molecule has 1 aliphatic heterocycles. The smallest absolute Gasteiger partial charge is 0.331 e. The average Bonchev–Trinajstić information content (AvgIpc) is 3.13. The number of likely N-dealkylation sites (tertiary alicyclic amines) is 1. The zero-order valence-corrected chi connectivity index (χ0v) is 12.4. The van der Waals surface area contributed by atoms with E-state index in [1.54, 1.807) is 17.5 Å². The molecule has 21 heavy (non-hydrogen) atoms. The van der Waals surface area contributed by atoms with E-state index < -0.39 is 24.1 Å². The first kappa shape index (κ1) is 15.3. The second-order valence-electron chi connectivity index (χ2n) is 4.70. The highest BCUT2D eigenvalue weighted by molar-refractivity contribution is 7.10. The average molecular weight is 311 g/mol. The van der Waals surface area contributed by atoms with E-state index >= 15 is 0 Å². The number of nitrogens with one attached hydrogen (secondary N) is 2. The van der Waals surface area contributed by atoms with Crippen molar-refractivity contribution >= 4 is 29.2 Å². The summed E-state index contributed by atoms with van der Waals surface area (Å²) in [5, 5.41) is 16.0. The maximum Gasteiger partial charge on any atom is 0.331 e. The number of hydrogen-bond acceptors (Lipinski definition) is 4. The van der Waals surface area contributed by atoms with Gasteiger partial charge in [0.2, 0.25) is 5.91 Å². The molecule has 2 heterocycles. The molecule has 1 saturated heterocycles. The van der Waals surface area contributed by atoms with Crippen LogP contribution in [0.15, 0.2) is 17.5 Å². The van der Waals surface area contributed by atoms with E-state index in [2.05, 4.69) is 10.6 Å². The molecule has 1 aromatic rings. The van der Waals surface area contributed by atoms with Gasteiger partial charge >= 0.3 is 12.0 Å². The number of amides is 3. The van der Waals surface area contributed by atoms with E-state index in [1.165, 1.54) is 23.3 Å². The highest BCUT2D eigenvalue weighted by Crippen LogP contribution is 2.22. The minimum atomic E-state index is -1.12. The molecule has 0 aliphatic carbocycles. The summed E-state index contributed by atoms with van der Waals surface area (Å²) in [4.78, 5) is 37.2. The zero-order valence-electron chi connectivity index (χ0n) is 11.5. The van der Waals surface area contributed by atoms with E-state index in [-0.39, 0.29) is 5.91 Å². The number of likely N-dealkylation sites (N-methyl/N-ethyl adjacent to an activating group) is 1. The minimum Gasteiger partial charge on any atom is -0.479 e. The summed E-state index contributed by atoms with van der Waals surface area (Å²) in [6, 6.07) is 1.23. The maximum atomic E-state index is 12.3. The van der Waals surface area contributed by atoms with Gasteiger partial charge in [-0.05, 0) is 24.3 Å². The highest BCUT2D eigenvalue weighted by atomic mass is 32.1. The molecule has 0 saturated carbocycles. The Morgan fingerprint density at radius 2 is 2.24 bits per heavy atom. The van der Waals surface area contributed by atoms with Crippen LogP contribution in [0.25, 0.3) is 0 Å². The molecule has 8 heteroatoms. The zero-order chi connectivity index (χ0) is 15.4. The van der Waals surface area contributed by atoms with Gasteiger partial charge in [0.25, 0.3) is 0 Å². The molecule has 0 bridgehead atoms. The van der Waals surface area contributed by atoms with Crippen LogP contribution >= 0.6 is 11.3 Å². The van der Waals surface area contributed by atoms with E-state index in [0.29, 0.717) is 17.8 Å². The molecule has 1 aliphatic rings. The van der Waals surface area contributed by atoms with Crippen molar-refractivity contribution in [1.29, 1.82) is 0 Å². The first-order chi connectivity index (χ1) is 10.0. The van der Waals surface area contributed by atoms with Gasteiger partial charge < -0.3 is 20.6 Å². The summed E-state index contributed by atoms with van der Waals surface area (Å²) in [5.41, 5.74) is 0. The summed E-state index contributed by atoms with van der Waals surface area (Å²) in [5.74, 6) is -1.35. The van der Waals surface area contributed by atoms with E-state index in [4.69, 9.17) is 0 Å². The molecule has 1 fully saturated rings. The molecule has 2 unspecified atom stereocenters. The summed E-state index contributed by atoms with van der Waals surface area (Å²) in [6.07, 6.45) is 1.31. The first-order valence-corrected chi connectivity index (χ1v) is 7.47. The lowest BCUT2D eigenvalue weighted by atomic mass is 10.2. The van der Waals surface area contributed by atoms with Crippen molar-refractivity contribution in [2.75, 3.05) is 13.6 Å². The molecule has 0 aromatic carbocycles.